The molecule has 2 N–H and O–H groups in total. The zero-order valence-corrected chi connectivity index (χ0v) is 16.7. The van der Waals surface area contributed by atoms with Crippen LogP contribution in [0.5, 0.6) is 0 Å². The second kappa shape index (κ2) is 7.28. The maximum absolute atomic E-state index is 13.2. The van der Waals surface area contributed by atoms with Gasteiger partial charge in [-0.05, 0) is 29.3 Å². The number of nitrogens with zero attached hydrogens (tertiary/aromatic N) is 3. The monoisotopic (exact) mass is 394 g/mol. The Morgan fingerprint density at radius 3 is 2.47 bits per heavy atom. The van der Waals surface area contributed by atoms with Crippen LogP contribution in [0.15, 0.2) is 83.8 Å². The van der Waals surface area contributed by atoms with Crippen molar-refractivity contribution in [3.05, 3.63) is 100 Å². The van der Waals surface area contributed by atoms with Gasteiger partial charge in [0, 0.05) is 42.8 Å². The smallest absolute Gasteiger partial charge is 0.277 e. The van der Waals surface area contributed by atoms with Crippen LogP contribution in [0.4, 0.5) is 0 Å². The molecule has 0 aliphatic carbocycles. The fourth-order valence-corrected chi connectivity index (χ4v) is 4.07. The normalized spacial score (nSPS) is 11.4. The minimum Gasteiger partial charge on any atom is -0.342 e. The number of benzene rings is 3. The maximum atomic E-state index is 13.2. The first-order valence-corrected chi connectivity index (χ1v) is 9.97. The van der Waals surface area contributed by atoms with Gasteiger partial charge in [-0.2, -0.15) is 0 Å². The molecular formula is C25H22N4O. The summed E-state index contributed by atoms with van der Waals surface area (Å²) in [7, 11) is 1.80. The molecule has 0 amide bonds. The summed E-state index contributed by atoms with van der Waals surface area (Å²) in [6.45, 7) is 1.21. The molecule has 0 atom stereocenters. The lowest BCUT2D eigenvalue weighted by Crippen LogP contribution is -2.20. The van der Waals surface area contributed by atoms with Gasteiger partial charge in [0.15, 0.2) is 0 Å². The molecule has 0 aliphatic rings. The molecule has 5 aromatic rings. The van der Waals surface area contributed by atoms with Crippen LogP contribution in [0.1, 0.15) is 11.1 Å². The highest BCUT2D eigenvalue weighted by Gasteiger charge is 2.16. The Bertz CT molecular complexity index is 1450. The van der Waals surface area contributed by atoms with E-state index in [0.717, 1.165) is 33.1 Å². The number of hydrogen-bond donors (Lipinski definition) is 1. The van der Waals surface area contributed by atoms with Gasteiger partial charge in [0.05, 0.1) is 11.0 Å². The Morgan fingerprint density at radius 2 is 1.63 bits per heavy atom. The van der Waals surface area contributed by atoms with E-state index in [1.54, 1.807) is 11.6 Å². The summed E-state index contributed by atoms with van der Waals surface area (Å²) in [4.78, 5) is 17.9. The van der Waals surface area contributed by atoms with E-state index < -0.39 is 0 Å². The van der Waals surface area contributed by atoms with Crippen molar-refractivity contribution in [3.8, 4) is 11.3 Å². The lowest BCUT2D eigenvalue weighted by Gasteiger charge is -2.07. The Morgan fingerprint density at radius 1 is 0.900 bits per heavy atom. The number of rotatable bonds is 4. The SMILES string of the molecule is Cn1c(=O)c(-c2cn(Cc3cccc(CN)c3)c3ccccc23)nc2ccccc21. The molecule has 0 saturated heterocycles. The Hall–Kier alpha value is -3.70. The lowest BCUT2D eigenvalue weighted by atomic mass is 10.1. The quantitative estimate of drug-likeness (QED) is 0.500. The van der Waals surface area contributed by atoms with Crippen molar-refractivity contribution < 1.29 is 0 Å². The highest BCUT2D eigenvalue weighted by Crippen LogP contribution is 2.29. The molecule has 2 heterocycles. The fourth-order valence-electron chi connectivity index (χ4n) is 4.07. The molecule has 2 aromatic heterocycles. The standard InChI is InChI=1S/C25H22N4O/c1-28-23-12-5-3-10-21(23)27-24(25(28)30)20-16-29(22-11-4-2-9-19(20)22)15-18-8-6-7-17(13-18)14-26/h2-13,16H,14-15,26H2,1H3. The second-order valence-electron chi connectivity index (χ2n) is 7.53. The number of hydrogen-bond acceptors (Lipinski definition) is 3. The minimum atomic E-state index is -0.0956. The molecule has 0 saturated carbocycles. The van der Waals surface area contributed by atoms with E-state index in [9.17, 15) is 4.79 Å². The van der Waals surface area contributed by atoms with Crippen molar-refractivity contribution in [2.75, 3.05) is 0 Å². The topological polar surface area (TPSA) is 65.8 Å². The maximum Gasteiger partial charge on any atom is 0.277 e. The van der Waals surface area contributed by atoms with E-state index in [1.807, 2.05) is 60.8 Å². The summed E-state index contributed by atoms with van der Waals surface area (Å²) in [5.74, 6) is 0. The number of para-hydroxylation sites is 3. The van der Waals surface area contributed by atoms with Crippen molar-refractivity contribution in [2.45, 2.75) is 13.1 Å². The molecule has 30 heavy (non-hydrogen) atoms. The van der Waals surface area contributed by atoms with Gasteiger partial charge < -0.3 is 14.9 Å². The van der Waals surface area contributed by atoms with Crippen LogP contribution < -0.4 is 11.3 Å². The van der Waals surface area contributed by atoms with Gasteiger partial charge in [0.2, 0.25) is 0 Å². The van der Waals surface area contributed by atoms with Crippen molar-refractivity contribution in [2.24, 2.45) is 12.8 Å². The molecule has 0 fully saturated rings. The van der Waals surface area contributed by atoms with E-state index in [-0.39, 0.29) is 5.56 Å². The van der Waals surface area contributed by atoms with Crippen LogP contribution in [-0.2, 0) is 20.1 Å². The summed E-state index contributed by atoms with van der Waals surface area (Å²) in [6.07, 6.45) is 2.04. The lowest BCUT2D eigenvalue weighted by molar-refractivity contribution is 0.833. The largest absolute Gasteiger partial charge is 0.342 e. The Balaban J connectivity index is 1.71. The molecule has 0 aliphatic heterocycles. The van der Waals surface area contributed by atoms with E-state index in [0.29, 0.717) is 18.8 Å². The predicted molar refractivity (Wildman–Crippen MR) is 121 cm³/mol. The third-order valence-electron chi connectivity index (χ3n) is 5.61. The minimum absolute atomic E-state index is 0.0956. The van der Waals surface area contributed by atoms with Gasteiger partial charge in [0.1, 0.15) is 5.69 Å². The Labute approximate surface area is 174 Å². The average Bonchev–Trinajstić information content (AvgIpc) is 3.14. The van der Waals surface area contributed by atoms with Gasteiger partial charge in [-0.15, -0.1) is 0 Å². The van der Waals surface area contributed by atoms with Crippen LogP contribution in [-0.4, -0.2) is 14.1 Å². The van der Waals surface area contributed by atoms with Gasteiger partial charge in [-0.3, -0.25) is 4.79 Å². The number of nitrogens with two attached hydrogens (primary N) is 1. The van der Waals surface area contributed by atoms with Gasteiger partial charge in [-0.25, -0.2) is 4.98 Å². The summed E-state index contributed by atoms with van der Waals surface area (Å²) >= 11 is 0. The molecule has 5 heteroatoms. The van der Waals surface area contributed by atoms with Crippen LogP contribution >= 0.6 is 0 Å². The highest BCUT2D eigenvalue weighted by molar-refractivity contribution is 5.96. The predicted octanol–water partition coefficient (Wildman–Crippen LogP) is 4.06. The van der Waals surface area contributed by atoms with Crippen LogP contribution in [0, 0.1) is 0 Å². The molecule has 3 aromatic carbocycles. The first-order chi connectivity index (χ1) is 14.7. The van der Waals surface area contributed by atoms with E-state index in [1.165, 1.54) is 5.56 Å². The number of aryl methyl sites for hydroxylation is 1. The van der Waals surface area contributed by atoms with Crippen LogP contribution in [0.3, 0.4) is 0 Å². The van der Waals surface area contributed by atoms with Crippen molar-refractivity contribution >= 4 is 21.9 Å². The summed E-state index contributed by atoms with van der Waals surface area (Å²) in [5.41, 5.74) is 12.0. The molecule has 0 bridgehead atoms. The van der Waals surface area contributed by atoms with Gasteiger partial charge in [0.25, 0.3) is 5.56 Å². The third-order valence-corrected chi connectivity index (χ3v) is 5.61. The number of aromatic nitrogens is 3. The zero-order valence-electron chi connectivity index (χ0n) is 16.7. The molecule has 0 radical (unpaired) electrons. The number of fused-ring (bicyclic) bond motifs is 2. The molecule has 0 unspecified atom stereocenters. The second-order valence-corrected chi connectivity index (χ2v) is 7.53. The molecule has 5 nitrogen and oxygen atoms in total. The molecular weight excluding hydrogens is 372 g/mol. The van der Waals surface area contributed by atoms with Crippen LogP contribution in [0.2, 0.25) is 0 Å². The molecule has 5 rings (SSSR count). The van der Waals surface area contributed by atoms with Crippen LogP contribution in [0.25, 0.3) is 33.2 Å². The summed E-state index contributed by atoms with van der Waals surface area (Å²) in [6, 6.07) is 24.2. The fraction of sp³-hybridized carbons (Fsp3) is 0.120. The van der Waals surface area contributed by atoms with Crippen molar-refractivity contribution in [3.63, 3.8) is 0 Å². The molecule has 148 valence electrons. The van der Waals surface area contributed by atoms with Crippen molar-refractivity contribution in [1.29, 1.82) is 0 Å². The highest BCUT2D eigenvalue weighted by atomic mass is 16.1. The van der Waals surface area contributed by atoms with E-state index >= 15 is 0 Å². The van der Waals surface area contributed by atoms with Gasteiger partial charge in [-0.1, -0.05) is 54.6 Å². The average molecular weight is 394 g/mol. The van der Waals surface area contributed by atoms with Gasteiger partial charge >= 0.3 is 0 Å². The molecule has 0 spiro atoms. The first kappa shape index (κ1) is 18.3. The van der Waals surface area contributed by atoms with E-state index in [2.05, 4.69) is 22.8 Å². The van der Waals surface area contributed by atoms with E-state index in [4.69, 9.17) is 10.7 Å². The third kappa shape index (κ3) is 3.00. The zero-order chi connectivity index (χ0) is 20.7. The van der Waals surface area contributed by atoms with Crippen molar-refractivity contribution in [1.82, 2.24) is 14.1 Å². The summed E-state index contributed by atoms with van der Waals surface area (Å²) < 4.78 is 3.85. The summed E-state index contributed by atoms with van der Waals surface area (Å²) in [5, 5.41) is 1.02. The Kier molecular flexibility index (Phi) is 4.45. The first-order valence-electron chi connectivity index (χ1n) is 9.97.